The van der Waals surface area contributed by atoms with Crippen molar-refractivity contribution in [2.24, 2.45) is 5.41 Å². The van der Waals surface area contributed by atoms with E-state index in [0.29, 0.717) is 11.3 Å². The fraction of sp³-hybridized carbons (Fsp3) is 0.429. The minimum Gasteiger partial charge on any atom is -0.491 e. The van der Waals surface area contributed by atoms with Gasteiger partial charge in [0.1, 0.15) is 5.75 Å². The summed E-state index contributed by atoms with van der Waals surface area (Å²) in [7, 11) is 0. The molecule has 0 atom stereocenters. The summed E-state index contributed by atoms with van der Waals surface area (Å²) < 4.78 is 10.4. The number of benzene rings is 1. The molecule has 0 spiro atoms. The summed E-state index contributed by atoms with van der Waals surface area (Å²) in [5.41, 5.74) is -1.05. The zero-order valence-electron chi connectivity index (χ0n) is 10.9. The van der Waals surface area contributed by atoms with Gasteiger partial charge in [0, 0.05) is 5.56 Å². The van der Waals surface area contributed by atoms with Gasteiger partial charge in [0.05, 0.1) is 19.3 Å². The van der Waals surface area contributed by atoms with E-state index >= 15 is 0 Å². The van der Waals surface area contributed by atoms with Crippen molar-refractivity contribution < 1.29 is 24.2 Å². The third kappa shape index (κ3) is 2.46. The highest BCUT2D eigenvalue weighted by atomic mass is 16.5. The topological polar surface area (TPSA) is 72.8 Å². The Morgan fingerprint density at radius 1 is 1.26 bits per heavy atom. The Kier molecular flexibility index (Phi) is 3.57. The third-order valence-corrected chi connectivity index (χ3v) is 3.03. The molecule has 0 radical (unpaired) electrons. The molecule has 0 aromatic heterocycles. The highest BCUT2D eigenvalue weighted by molar-refractivity contribution is 6.13. The van der Waals surface area contributed by atoms with E-state index < -0.39 is 17.2 Å². The molecule has 1 saturated heterocycles. The monoisotopic (exact) mass is 264 g/mol. The summed E-state index contributed by atoms with van der Waals surface area (Å²) in [5, 5.41) is 9.16. The highest BCUT2D eigenvalue weighted by Gasteiger charge is 2.53. The van der Waals surface area contributed by atoms with Gasteiger partial charge in [-0.3, -0.25) is 9.59 Å². The van der Waals surface area contributed by atoms with Crippen LogP contribution in [-0.4, -0.2) is 36.2 Å². The zero-order chi connectivity index (χ0) is 14.0. The van der Waals surface area contributed by atoms with Crippen LogP contribution in [-0.2, 0) is 9.53 Å². The highest BCUT2D eigenvalue weighted by Crippen LogP contribution is 2.32. The fourth-order valence-electron chi connectivity index (χ4n) is 1.89. The smallest absolute Gasteiger partial charge is 0.322 e. The number of ether oxygens (including phenoxy) is 2. The zero-order valence-corrected chi connectivity index (χ0v) is 10.9. The summed E-state index contributed by atoms with van der Waals surface area (Å²) in [6.07, 6.45) is 0.0481. The molecule has 1 aliphatic rings. The van der Waals surface area contributed by atoms with Crippen molar-refractivity contribution in [2.75, 3.05) is 13.2 Å². The maximum atomic E-state index is 12.2. The molecule has 1 heterocycles. The van der Waals surface area contributed by atoms with Crippen LogP contribution in [0.2, 0.25) is 0 Å². The van der Waals surface area contributed by atoms with E-state index in [1.807, 2.05) is 13.8 Å². The van der Waals surface area contributed by atoms with Crippen LogP contribution in [0.4, 0.5) is 0 Å². The molecule has 0 bridgehead atoms. The first-order valence-corrected chi connectivity index (χ1v) is 6.08. The Balaban J connectivity index is 2.18. The van der Waals surface area contributed by atoms with Gasteiger partial charge in [0.15, 0.2) is 11.2 Å². The molecule has 0 saturated carbocycles. The molecule has 19 heavy (non-hydrogen) atoms. The van der Waals surface area contributed by atoms with Crippen molar-refractivity contribution in [3.63, 3.8) is 0 Å². The first-order valence-electron chi connectivity index (χ1n) is 6.08. The molecular weight excluding hydrogens is 248 g/mol. The molecule has 102 valence electrons. The number of hydrogen-bond acceptors (Lipinski definition) is 4. The van der Waals surface area contributed by atoms with Crippen LogP contribution in [0.5, 0.6) is 5.75 Å². The molecule has 5 heteroatoms. The number of aliphatic carboxylic acids is 1. The van der Waals surface area contributed by atoms with Crippen molar-refractivity contribution in [3.8, 4) is 5.75 Å². The van der Waals surface area contributed by atoms with Gasteiger partial charge in [0.2, 0.25) is 0 Å². The van der Waals surface area contributed by atoms with E-state index in [0.717, 1.165) is 0 Å². The number of carboxylic acid groups (broad SMARTS) is 1. The molecule has 1 N–H and O–H groups in total. The quantitative estimate of drug-likeness (QED) is 0.648. The lowest BCUT2D eigenvalue weighted by Crippen LogP contribution is -2.54. The van der Waals surface area contributed by atoms with Crippen molar-refractivity contribution >= 4 is 11.8 Å². The van der Waals surface area contributed by atoms with E-state index in [1.54, 1.807) is 24.3 Å². The van der Waals surface area contributed by atoms with Crippen LogP contribution < -0.4 is 4.74 Å². The van der Waals surface area contributed by atoms with Crippen LogP contribution in [0.1, 0.15) is 24.2 Å². The molecule has 2 rings (SSSR count). The van der Waals surface area contributed by atoms with Crippen molar-refractivity contribution in [2.45, 2.75) is 20.0 Å². The Morgan fingerprint density at radius 3 is 2.21 bits per heavy atom. The summed E-state index contributed by atoms with van der Waals surface area (Å²) in [4.78, 5) is 23.4. The molecule has 0 unspecified atom stereocenters. The maximum absolute atomic E-state index is 12.2. The number of carbonyl (C=O) groups is 2. The third-order valence-electron chi connectivity index (χ3n) is 3.03. The maximum Gasteiger partial charge on any atom is 0.322 e. The minimum absolute atomic E-state index is 0.0481. The predicted octanol–water partition coefficient (Wildman–Crippen LogP) is 1.76. The number of hydrogen-bond donors (Lipinski definition) is 1. The Labute approximate surface area is 111 Å². The number of carboxylic acids is 1. The molecule has 1 aliphatic heterocycles. The Bertz CT molecular complexity index is 485. The van der Waals surface area contributed by atoms with Crippen molar-refractivity contribution in [1.29, 1.82) is 0 Å². The molecule has 1 aromatic rings. The van der Waals surface area contributed by atoms with Crippen LogP contribution in [0.3, 0.4) is 0 Å². The number of carbonyl (C=O) groups excluding carboxylic acids is 1. The second kappa shape index (κ2) is 5.01. The summed E-state index contributed by atoms with van der Waals surface area (Å²) in [6.45, 7) is 3.69. The molecule has 5 nitrogen and oxygen atoms in total. The average molecular weight is 264 g/mol. The van der Waals surface area contributed by atoms with Gasteiger partial charge in [-0.05, 0) is 38.1 Å². The summed E-state index contributed by atoms with van der Waals surface area (Å²) in [5.74, 6) is -0.894. The molecular formula is C14H16O5. The van der Waals surface area contributed by atoms with Crippen LogP contribution in [0.15, 0.2) is 24.3 Å². The molecule has 0 amide bonds. The van der Waals surface area contributed by atoms with Crippen molar-refractivity contribution in [1.82, 2.24) is 0 Å². The fourth-order valence-corrected chi connectivity index (χ4v) is 1.89. The Hall–Kier alpha value is -1.88. The molecule has 1 aromatic carbocycles. The van der Waals surface area contributed by atoms with E-state index in [4.69, 9.17) is 14.6 Å². The van der Waals surface area contributed by atoms with E-state index in [9.17, 15) is 9.59 Å². The van der Waals surface area contributed by atoms with Gasteiger partial charge in [-0.25, -0.2) is 0 Å². The van der Waals surface area contributed by atoms with Gasteiger partial charge in [-0.2, -0.15) is 0 Å². The van der Waals surface area contributed by atoms with Gasteiger partial charge in [-0.1, -0.05) is 0 Å². The lowest BCUT2D eigenvalue weighted by atomic mass is 9.78. The van der Waals surface area contributed by atoms with E-state index in [2.05, 4.69) is 0 Å². The first-order chi connectivity index (χ1) is 8.95. The lowest BCUT2D eigenvalue weighted by molar-refractivity contribution is -0.168. The summed E-state index contributed by atoms with van der Waals surface area (Å²) in [6, 6.07) is 6.51. The SMILES string of the molecule is CC(C)Oc1ccc(C(=O)C2(C(=O)O)COC2)cc1. The van der Waals surface area contributed by atoms with Gasteiger partial charge in [-0.15, -0.1) is 0 Å². The van der Waals surface area contributed by atoms with Crippen LogP contribution in [0.25, 0.3) is 0 Å². The molecule has 0 aliphatic carbocycles. The first kappa shape index (κ1) is 13.5. The number of rotatable bonds is 5. The minimum atomic E-state index is -1.42. The van der Waals surface area contributed by atoms with Crippen molar-refractivity contribution in [3.05, 3.63) is 29.8 Å². The van der Waals surface area contributed by atoms with Gasteiger partial charge < -0.3 is 14.6 Å². The molecule has 1 fully saturated rings. The van der Waals surface area contributed by atoms with Crippen LogP contribution >= 0.6 is 0 Å². The largest absolute Gasteiger partial charge is 0.491 e. The van der Waals surface area contributed by atoms with E-state index in [1.165, 1.54) is 0 Å². The second-order valence-electron chi connectivity index (χ2n) is 4.90. The second-order valence-corrected chi connectivity index (χ2v) is 4.90. The average Bonchev–Trinajstić information content (AvgIpc) is 2.26. The van der Waals surface area contributed by atoms with E-state index in [-0.39, 0.29) is 19.3 Å². The van der Waals surface area contributed by atoms with Crippen LogP contribution in [0, 0.1) is 5.41 Å². The normalized spacial score (nSPS) is 16.8. The van der Waals surface area contributed by atoms with Gasteiger partial charge >= 0.3 is 5.97 Å². The van der Waals surface area contributed by atoms with Gasteiger partial charge in [0.25, 0.3) is 0 Å². The summed E-state index contributed by atoms with van der Waals surface area (Å²) >= 11 is 0. The standard InChI is InChI=1S/C14H16O5/c1-9(2)19-11-5-3-10(4-6-11)12(15)14(13(16)17)7-18-8-14/h3-6,9H,7-8H2,1-2H3,(H,16,17). The number of ketones is 1. The number of Topliss-reactive ketones (excluding diaryl/α,β-unsaturated/α-hetero) is 1. The Morgan fingerprint density at radius 2 is 1.84 bits per heavy atom. The lowest BCUT2D eigenvalue weighted by Gasteiger charge is -2.35. The predicted molar refractivity (Wildman–Crippen MR) is 67.4 cm³/mol.